The maximum Gasteiger partial charge on any atom is 0.303 e. The van der Waals surface area contributed by atoms with Gasteiger partial charge in [-0.25, -0.2) is 9.97 Å². The summed E-state index contributed by atoms with van der Waals surface area (Å²) in [6.07, 6.45) is -0.547. The maximum atomic E-state index is 12.3. The van der Waals surface area contributed by atoms with Crippen molar-refractivity contribution in [1.82, 2.24) is 19.5 Å². The number of anilines is 1. The number of nitrogens with zero attached hydrogens (tertiary/aromatic N) is 3. The Kier molecular flexibility index (Phi) is 8.04. The van der Waals surface area contributed by atoms with Crippen LogP contribution in [-0.2, 0) is 24.6 Å². The summed E-state index contributed by atoms with van der Waals surface area (Å²) in [6.45, 7) is 1.36. The summed E-state index contributed by atoms with van der Waals surface area (Å²) in [5, 5.41) is 0. The van der Waals surface area contributed by atoms with Crippen molar-refractivity contribution in [3.63, 3.8) is 0 Å². The third-order valence-electron chi connectivity index (χ3n) is 7.59. The average Bonchev–Trinajstić information content (AvgIpc) is 3.64. The van der Waals surface area contributed by atoms with Gasteiger partial charge in [0.25, 0.3) is 0 Å². The van der Waals surface area contributed by atoms with Gasteiger partial charge in [-0.1, -0.05) is 66.8 Å². The first kappa shape index (κ1) is 29.3. The Morgan fingerprint density at radius 1 is 0.977 bits per heavy atom. The van der Waals surface area contributed by atoms with Crippen molar-refractivity contribution in [2.24, 2.45) is 0 Å². The zero-order chi connectivity index (χ0) is 30.8. The van der Waals surface area contributed by atoms with E-state index in [-0.39, 0.29) is 17.0 Å². The minimum Gasteiger partial charge on any atom is -0.497 e. The van der Waals surface area contributed by atoms with Crippen molar-refractivity contribution in [3.8, 4) is 11.5 Å². The van der Waals surface area contributed by atoms with Gasteiger partial charge in [-0.3, -0.25) is 9.36 Å². The van der Waals surface area contributed by atoms with E-state index in [0.29, 0.717) is 22.7 Å². The highest BCUT2D eigenvalue weighted by Crippen LogP contribution is 2.46. The van der Waals surface area contributed by atoms with Gasteiger partial charge in [-0.05, 0) is 41.0 Å². The number of methoxy groups -OCH3 is 2. The van der Waals surface area contributed by atoms with Crippen LogP contribution < -0.4 is 15.2 Å². The number of nitrogens with one attached hydrogen (secondary N) is 1. The van der Waals surface area contributed by atoms with Crippen LogP contribution in [-0.4, -0.2) is 52.1 Å². The molecule has 3 atom stereocenters. The van der Waals surface area contributed by atoms with Crippen LogP contribution in [0.1, 0.15) is 36.3 Å². The van der Waals surface area contributed by atoms with Gasteiger partial charge in [-0.15, -0.1) is 0 Å². The van der Waals surface area contributed by atoms with Crippen LogP contribution in [0.3, 0.4) is 0 Å². The van der Waals surface area contributed by atoms with Gasteiger partial charge in [0, 0.05) is 13.3 Å². The van der Waals surface area contributed by atoms with E-state index in [1.165, 1.54) is 6.92 Å². The number of esters is 1. The Labute approximate surface area is 258 Å². The Bertz CT molecular complexity index is 1780. The second-order valence-corrected chi connectivity index (χ2v) is 10.6. The molecule has 1 aliphatic rings. The van der Waals surface area contributed by atoms with Gasteiger partial charge in [0.15, 0.2) is 23.0 Å². The first-order valence-electron chi connectivity index (χ1n) is 13.9. The number of ether oxygens (including phenoxy) is 5. The second kappa shape index (κ2) is 12.1. The summed E-state index contributed by atoms with van der Waals surface area (Å²) in [4.78, 5) is 23.9. The number of hydrogen-bond donors (Lipinski definition) is 2. The monoisotopic (exact) mass is 613 g/mol. The lowest BCUT2D eigenvalue weighted by Crippen LogP contribution is -2.41. The number of imidazole rings is 1. The lowest BCUT2D eigenvalue weighted by atomic mass is 9.80. The maximum absolute atomic E-state index is 12.3. The van der Waals surface area contributed by atoms with Crippen molar-refractivity contribution >= 4 is 35.3 Å². The summed E-state index contributed by atoms with van der Waals surface area (Å²) in [7, 11) is 3.23. The number of carbonyl (C=O) groups excluding carboxylic acids is 1. The molecule has 0 radical (unpaired) electrons. The number of aromatic nitrogens is 4. The van der Waals surface area contributed by atoms with Crippen LogP contribution in [0.15, 0.2) is 85.2 Å². The summed E-state index contributed by atoms with van der Waals surface area (Å²) in [6, 6.07) is 25.1. The van der Waals surface area contributed by atoms with E-state index < -0.39 is 30.2 Å². The largest absolute Gasteiger partial charge is 0.497 e. The number of aromatic amines is 1. The molecule has 5 aromatic rings. The van der Waals surface area contributed by atoms with E-state index in [1.54, 1.807) is 25.1 Å². The zero-order valence-electron chi connectivity index (χ0n) is 24.3. The van der Waals surface area contributed by atoms with Gasteiger partial charge in [-0.2, -0.15) is 0 Å². The summed E-state index contributed by atoms with van der Waals surface area (Å²) in [5.74, 6) is 1.07. The quantitative estimate of drug-likeness (QED) is 0.129. The Morgan fingerprint density at radius 3 is 2.14 bits per heavy atom. The molecular formula is C32H31N5O6S. The van der Waals surface area contributed by atoms with Gasteiger partial charge in [0.1, 0.15) is 34.5 Å². The molecule has 0 bridgehead atoms. The van der Waals surface area contributed by atoms with Crippen LogP contribution >= 0.6 is 12.2 Å². The SMILES string of the molecule is COc1ccc(C(OC2OC(n3cnc4c(=S)nc(N)[nH]c43)CC2OC(C)=O)(c2ccccc2)c2ccc(OC)cc2)cc1. The minimum absolute atomic E-state index is 0.147. The van der Waals surface area contributed by atoms with Crippen LogP contribution in [0.2, 0.25) is 0 Å². The summed E-state index contributed by atoms with van der Waals surface area (Å²) >= 11 is 5.36. The molecule has 0 spiro atoms. The third-order valence-corrected chi connectivity index (χ3v) is 7.87. The number of rotatable bonds is 9. The molecule has 3 heterocycles. The molecule has 3 unspecified atom stereocenters. The van der Waals surface area contributed by atoms with Crippen molar-refractivity contribution in [1.29, 1.82) is 0 Å². The summed E-state index contributed by atoms with van der Waals surface area (Å²) < 4.78 is 32.4. The van der Waals surface area contributed by atoms with Crippen molar-refractivity contribution < 1.29 is 28.5 Å². The highest BCUT2D eigenvalue weighted by atomic mass is 32.1. The number of nitrogen functional groups attached to an aromatic ring is 1. The molecule has 3 aromatic carbocycles. The van der Waals surface area contributed by atoms with E-state index in [2.05, 4.69) is 15.0 Å². The fraction of sp³-hybridized carbons (Fsp3) is 0.250. The molecule has 12 heteroatoms. The number of carbonyl (C=O) groups is 1. The first-order chi connectivity index (χ1) is 21.3. The van der Waals surface area contributed by atoms with E-state index >= 15 is 0 Å². The Hall–Kier alpha value is -4.78. The number of H-pyrrole nitrogens is 1. The zero-order valence-corrected chi connectivity index (χ0v) is 25.1. The fourth-order valence-electron chi connectivity index (χ4n) is 5.58. The van der Waals surface area contributed by atoms with Crippen molar-refractivity contribution in [2.45, 2.75) is 37.6 Å². The highest BCUT2D eigenvalue weighted by molar-refractivity contribution is 7.71. The molecule has 0 amide bonds. The molecule has 3 N–H and O–H groups in total. The predicted molar refractivity (Wildman–Crippen MR) is 165 cm³/mol. The lowest BCUT2D eigenvalue weighted by molar-refractivity contribution is -0.222. The van der Waals surface area contributed by atoms with Crippen LogP contribution in [0.5, 0.6) is 11.5 Å². The van der Waals surface area contributed by atoms with Crippen LogP contribution in [0, 0.1) is 4.64 Å². The molecule has 6 rings (SSSR count). The molecule has 2 aromatic heterocycles. The molecular weight excluding hydrogens is 582 g/mol. The molecule has 226 valence electrons. The molecule has 1 aliphatic heterocycles. The standard InChI is InChI=1S/C32H31N5O6S/c1-19(38)41-25-17-26(37-18-34-27-28(37)35-31(33)36-29(27)44)42-30(25)43-32(20-7-5-4-6-8-20,21-9-13-23(39-2)14-10-21)22-11-15-24(40-3)16-12-22/h4-16,18,25-26,30H,17H2,1-3H3,(H3,33,35,36,44). The molecule has 0 aliphatic carbocycles. The Balaban J connectivity index is 1.50. The molecule has 1 fully saturated rings. The van der Waals surface area contributed by atoms with Crippen LogP contribution in [0.25, 0.3) is 11.2 Å². The molecule has 44 heavy (non-hydrogen) atoms. The topological polar surface area (TPSA) is 136 Å². The first-order valence-corrected chi connectivity index (χ1v) is 14.3. The Morgan fingerprint density at radius 2 is 1.57 bits per heavy atom. The van der Waals surface area contributed by atoms with Crippen molar-refractivity contribution in [2.75, 3.05) is 20.0 Å². The summed E-state index contributed by atoms with van der Waals surface area (Å²) in [5.41, 5.74) is 8.21. The van der Waals surface area contributed by atoms with Crippen LogP contribution in [0.4, 0.5) is 5.95 Å². The predicted octanol–water partition coefficient (Wildman–Crippen LogP) is 5.27. The van der Waals surface area contributed by atoms with E-state index in [1.807, 2.05) is 78.9 Å². The van der Waals surface area contributed by atoms with E-state index in [9.17, 15) is 4.79 Å². The highest BCUT2D eigenvalue weighted by Gasteiger charge is 2.48. The van der Waals surface area contributed by atoms with Gasteiger partial charge >= 0.3 is 5.97 Å². The molecule has 1 saturated heterocycles. The van der Waals surface area contributed by atoms with E-state index in [4.69, 9.17) is 41.6 Å². The second-order valence-electron chi connectivity index (χ2n) is 10.2. The molecule has 0 saturated carbocycles. The third kappa shape index (κ3) is 5.39. The fourth-order valence-corrected chi connectivity index (χ4v) is 5.83. The van der Waals surface area contributed by atoms with Gasteiger partial charge in [0.2, 0.25) is 0 Å². The number of nitrogens with two attached hydrogens (primary N) is 1. The normalized spacial score (nSPS) is 18.3. The van der Waals surface area contributed by atoms with Crippen molar-refractivity contribution in [3.05, 3.63) is 107 Å². The lowest BCUT2D eigenvalue weighted by Gasteiger charge is -2.38. The smallest absolute Gasteiger partial charge is 0.303 e. The van der Waals surface area contributed by atoms with E-state index in [0.717, 1.165) is 16.7 Å². The number of hydrogen-bond acceptors (Lipinski definition) is 10. The van der Waals surface area contributed by atoms with Gasteiger partial charge < -0.3 is 34.4 Å². The number of fused-ring (bicyclic) bond motifs is 1. The molecule has 11 nitrogen and oxygen atoms in total. The average molecular weight is 614 g/mol. The van der Waals surface area contributed by atoms with Gasteiger partial charge in [0.05, 0.1) is 20.5 Å². The minimum atomic E-state index is -1.21. The number of benzene rings is 3.